The summed E-state index contributed by atoms with van der Waals surface area (Å²) in [7, 11) is 7.80. The number of esters is 1. The number of amides is 8. The second-order valence-electron chi connectivity index (χ2n) is 27.6. The molecule has 3 aliphatic rings. The number of carbonyl (C=O) groups is 9. The minimum atomic E-state index is -1.99. The number of benzene rings is 2. The highest BCUT2D eigenvalue weighted by Crippen LogP contribution is 2.30. The number of nitrogens with zero attached hydrogens (tertiary/aromatic N) is 8. The fourth-order valence-electron chi connectivity index (χ4n) is 13.0. The van der Waals surface area contributed by atoms with E-state index in [4.69, 9.17) is 9.72 Å². The van der Waals surface area contributed by atoms with E-state index in [0.29, 0.717) is 30.4 Å². The van der Waals surface area contributed by atoms with Crippen molar-refractivity contribution in [2.24, 2.45) is 29.6 Å². The number of likely N-dealkylation sites (N-methyl/N-ethyl adjacent to an activating group) is 5. The first kappa shape index (κ1) is 73.6. The zero-order valence-corrected chi connectivity index (χ0v) is 57.6. The first-order valence-electron chi connectivity index (χ1n) is 33.0. The molecule has 11 atom stereocenters. The second-order valence-corrected chi connectivity index (χ2v) is 27.6. The molecule has 1 aromatic heterocycles. The number of rotatable bonds is 15. The summed E-state index contributed by atoms with van der Waals surface area (Å²) < 4.78 is 6.15. The zero-order valence-electron chi connectivity index (χ0n) is 57.6. The van der Waals surface area contributed by atoms with Crippen LogP contribution in [0.15, 0.2) is 72.9 Å². The summed E-state index contributed by atoms with van der Waals surface area (Å²) in [5, 5.41) is 20.7. The van der Waals surface area contributed by atoms with E-state index < -0.39 is 137 Å². The van der Waals surface area contributed by atoms with Gasteiger partial charge in [0.25, 0.3) is 5.91 Å². The molecule has 0 aliphatic carbocycles. The van der Waals surface area contributed by atoms with Gasteiger partial charge in [-0.25, -0.2) is 9.78 Å². The number of fused-ring (bicyclic) bond motifs is 1. The Morgan fingerprint density at radius 1 is 0.587 bits per heavy atom. The van der Waals surface area contributed by atoms with Crippen molar-refractivity contribution in [1.29, 1.82) is 0 Å². The number of cyclic esters (lactones) is 1. The van der Waals surface area contributed by atoms with E-state index >= 15 is 28.8 Å². The van der Waals surface area contributed by atoms with Crippen LogP contribution in [0.25, 0.3) is 11.1 Å². The standard InChI is InChI=1S/C70H105N11O11/c1-18-45(9)56-67(88)77(15)57(43(5)6)62(83)72-51(37-42(3)4)65(86)79(17)60(70(11,12)91)69(90)92-59(46(10)19-2)68(89)78(16)58(44(7)8)63(84)73-52(39-47-25-21-20-22-26-47)64(85)76(14)54(66(87)81-32-24-29-53(81)61(82)74-56)40-48-27-23-28-49(38-48)50-30-31-71-55(41-50)80-35-33-75(13)34-36-80/h20-23,25-28,30-31,38,41-46,51-54,56-60,91H,18-19,24,29,32-37,39-40H2,1-17H3,(H,72,83)(H,73,84)(H,74,82)/t45-,46-,51-,52-,53-,54-,56-,57-,58-,59+,60+/m0/s1. The Hall–Kier alpha value is -7.46. The molecule has 2 aromatic carbocycles. The molecule has 0 radical (unpaired) electrons. The molecule has 3 fully saturated rings. The van der Waals surface area contributed by atoms with Crippen molar-refractivity contribution in [3.63, 3.8) is 0 Å². The number of pyridine rings is 1. The first-order chi connectivity index (χ1) is 43.3. The zero-order chi connectivity index (χ0) is 68.2. The number of piperazine rings is 1. The number of aliphatic hydroxyl groups is 1. The highest BCUT2D eigenvalue weighted by Gasteiger charge is 2.48. The average molecular weight is 1280 g/mol. The van der Waals surface area contributed by atoms with Gasteiger partial charge in [-0.05, 0) is 105 Å². The monoisotopic (exact) mass is 1280 g/mol. The minimum Gasteiger partial charge on any atom is -0.450 e. The Morgan fingerprint density at radius 3 is 1.73 bits per heavy atom. The van der Waals surface area contributed by atoms with Gasteiger partial charge in [0.1, 0.15) is 48.1 Å². The van der Waals surface area contributed by atoms with Crippen LogP contribution < -0.4 is 20.9 Å². The molecular formula is C70H105N11O11. The maximum Gasteiger partial charge on any atom is 0.332 e. The van der Waals surface area contributed by atoms with Crippen molar-refractivity contribution >= 4 is 59.0 Å². The molecule has 3 aromatic rings. The third-order valence-corrected chi connectivity index (χ3v) is 18.8. The third kappa shape index (κ3) is 18.0. The molecule has 4 heterocycles. The van der Waals surface area contributed by atoms with Crippen molar-refractivity contribution in [3.05, 3.63) is 84.1 Å². The molecule has 0 saturated carbocycles. The number of nitrogens with one attached hydrogen (secondary N) is 3. The summed E-state index contributed by atoms with van der Waals surface area (Å²) in [5.41, 5.74) is 1.14. The molecular weight excluding hydrogens is 1170 g/mol. The number of carbonyl (C=O) groups excluding carboxylic acids is 9. The van der Waals surface area contributed by atoms with Crippen LogP contribution in [-0.4, -0.2) is 221 Å². The van der Waals surface area contributed by atoms with Crippen LogP contribution in [0.4, 0.5) is 5.82 Å². The number of aromatic nitrogens is 1. The first-order valence-corrected chi connectivity index (χ1v) is 33.0. The molecule has 22 nitrogen and oxygen atoms in total. The van der Waals surface area contributed by atoms with Crippen LogP contribution in [0.2, 0.25) is 0 Å². The maximum atomic E-state index is 15.9. The van der Waals surface area contributed by atoms with Gasteiger partial charge in [0.15, 0.2) is 12.1 Å². The highest BCUT2D eigenvalue weighted by atomic mass is 16.6. The lowest BCUT2D eigenvalue weighted by molar-refractivity contribution is -0.177. The fourth-order valence-corrected chi connectivity index (χ4v) is 13.0. The van der Waals surface area contributed by atoms with E-state index in [1.165, 1.54) is 61.6 Å². The van der Waals surface area contributed by atoms with Gasteiger partial charge in [-0.15, -0.1) is 0 Å². The fraction of sp³-hybridized carbons (Fsp3) is 0.629. The molecule has 8 amide bonds. The van der Waals surface area contributed by atoms with E-state index in [1.807, 2.05) is 82.3 Å². The number of hydrogen-bond acceptors (Lipinski definition) is 14. The summed E-state index contributed by atoms with van der Waals surface area (Å²) >= 11 is 0. The van der Waals surface area contributed by atoms with Gasteiger partial charge in [-0.3, -0.25) is 38.4 Å². The van der Waals surface area contributed by atoms with E-state index in [-0.39, 0.29) is 38.1 Å². The van der Waals surface area contributed by atoms with Crippen molar-refractivity contribution in [2.45, 2.75) is 188 Å². The van der Waals surface area contributed by atoms with Crippen LogP contribution in [-0.2, 0) is 60.7 Å². The molecule has 22 heteroatoms. The van der Waals surface area contributed by atoms with Gasteiger partial charge in [-0.1, -0.05) is 130 Å². The molecule has 506 valence electrons. The summed E-state index contributed by atoms with van der Waals surface area (Å²) in [5.74, 6) is -8.01. The van der Waals surface area contributed by atoms with Gasteiger partial charge in [0.05, 0.1) is 5.60 Å². The molecule has 6 rings (SSSR count). The molecule has 3 aliphatic heterocycles. The molecule has 3 saturated heterocycles. The summed E-state index contributed by atoms with van der Waals surface area (Å²) in [6.07, 6.45) is 1.68. The van der Waals surface area contributed by atoms with E-state index in [2.05, 4.69) is 32.8 Å². The van der Waals surface area contributed by atoms with Crippen molar-refractivity contribution in [1.82, 2.24) is 50.3 Å². The van der Waals surface area contributed by atoms with Gasteiger partial charge in [0, 0.05) is 85.9 Å². The highest BCUT2D eigenvalue weighted by molar-refractivity contribution is 5.99. The average Bonchev–Trinajstić information content (AvgIpc) is 1.17. The predicted octanol–water partition coefficient (Wildman–Crippen LogP) is 5.19. The topological polar surface area (TPSA) is 255 Å². The SMILES string of the molecule is CC[C@H](C)[C@@H]1NC(=O)[C@@H]2CCCN2C(=O)[C@H](Cc2cccc(-c3ccnc(N4CCN(C)CC4)c3)c2)N(C)C(=O)[C@H](Cc2ccccc2)NC(=O)[C@H](C(C)C)N(C)C(=O)[C@@H]([C@@H](C)CC)OC(=O)[C@H](C(C)(C)O)N(C)C(=O)[C@H](CC(C)C)NC(=O)[C@H](C(C)C)N(C)C1=O. The van der Waals surface area contributed by atoms with Crippen LogP contribution in [0.3, 0.4) is 0 Å². The molecule has 92 heavy (non-hydrogen) atoms. The summed E-state index contributed by atoms with van der Waals surface area (Å²) in [4.78, 5) is 152. The quantitative estimate of drug-likeness (QED) is 0.143. The van der Waals surface area contributed by atoms with Gasteiger partial charge in [-0.2, -0.15) is 0 Å². The number of anilines is 1. The minimum absolute atomic E-state index is 0.0189. The Kier molecular flexibility index (Phi) is 25.9. The van der Waals surface area contributed by atoms with Gasteiger partial charge < -0.3 is 60.1 Å². The van der Waals surface area contributed by atoms with E-state index in [9.17, 15) is 19.5 Å². The van der Waals surface area contributed by atoms with Gasteiger partial charge >= 0.3 is 5.97 Å². The van der Waals surface area contributed by atoms with Crippen molar-refractivity contribution in [3.8, 4) is 11.1 Å². The third-order valence-electron chi connectivity index (χ3n) is 18.8. The van der Waals surface area contributed by atoms with Gasteiger partial charge in [0.2, 0.25) is 41.4 Å². The Balaban J connectivity index is 1.52. The lowest BCUT2D eigenvalue weighted by atomic mass is 9.93. The second kappa shape index (κ2) is 32.4. The van der Waals surface area contributed by atoms with Crippen LogP contribution >= 0.6 is 0 Å². The van der Waals surface area contributed by atoms with Crippen LogP contribution in [0.5, 0.6) is 0 Å². The lowest BCUT2D eigenvalue weighted by Gasteiger charge is -2.39. The molecule has 0 bridgehead atoms. The number of hydrogen-bond donors (Lipinski definition) is 4. The molecule has 4 N–H and O–H groups in total. The van der Waals surface area contributed by atoms with Crippen molar-refractivity contribution in [2.75, 3.05) is 72.9 Å². The Labute approximate surface area is 545 Å². The lowest BCUT2D eigenvalue weighted by Crippen LogP contribution is -2.63. The molecule has 0 spiro atoms. The van der Waals surface area contributed by atoms with E-state index in [0.717, 1.165) is 48.0 Å². The van der Waals surface area contributed by atoms with Crippen molar-refractivity contribution < 1.29 is 53.0 Å². The largest absolute Gasteiger partial charge is 0.450 e. The Morgan fingerprint density at radius 2 is 1.15 bits per heavy atom. The smallest absolute Gasteiger partial charge is 0.332 e. The summed E-state index contributed by atoms with van der Waals surface area (Å²) in [6, 6.07) is 10.4. The van der Waals surface area contributed by atoms with Crippen LogP contribution in [0, 0.1) is 29.6 Å². The van der Waals surface area contributed by atoms with Crippen LogP contribution in [0.1, 0.15) is 126 Å². The molecule has 0 unspecified atom stereocenters. The Bertz CT molecular complexity index is 3050. The normalized spacial score (nSPS) is 25.7. The number of ether oxygens (including phenoxy) is 1. The van der Waals surface area contributed by atoms with E-state index in [1.54, 1.807) is 59.9 Å². The summed E-state index contributed by atoms with van der Waals surface area (Å²) in [6.45, 7) is 24.1. The maximum absolute atomic E-state index is 15.9. The predicted molar refractivity (Wildman–Crippen MR) is 354 cm³/mol.